The monoisotopic (exact) mass is 375 g/mol. The fraction of sp³-hybridized carbons (Fsp3) is 0. The van der Waals surface area contributed by atoms with Crippen molar-refractivity contribution < 1.29 is 24.8 Å². The van der Waals surface area contributed by atoms with Crippen molar-refractivity contribution in [2.45, 2.75) is 0 Å². The number of aromatic hydroxyl groups is 1. The molecule has 0 unspecified atom stereocenters. The molecule has 0 spiro atoms. The van der Waals surface area contributed by atoms with Gasteiger partial charge in [0.2, 0.25) is 5.52 Å². The fourth-order valence-corrected chi connectivity index (χ4v) is 2.78. The maximum absolute atomic E-state index is 11.5. The maximum Gasteiger partial charge on any atom is 0.414 e. The first-order valence-electron chi connectivity index (χ1n) is 6.85. The highest BCUT2D eigenvalue weighted by Gasteiger charge is 2.43. The first-order chi connectivity index (χ1) is 12.7. The van der Waals surface area contributed by atoms with Crippen LogP contribution in [0.2, 0.25) is 0 Å². The predicted molar refractivity (Wildman–Crippen MR) is 87.5 cm³/mol. The van der Waals surface area contributed by atoms with Gasteiger partial charge in [-0.3, -0.25) is 30.3 Å². The van der Waals surface area contributed by atoms with Crippen molar-refractivity contribution in [3.8, 4) is 5.75 Å². The van der Waals surface area contributed by atoms with E-state index in [1.807, 2.05) is 0 Å². The number of hydrogen-bond acceptors (Lipinski definition) is 10. The predicted octanol–water partition coefficient (Wildman–Crippen LogP) is 2.73. The summed E-state index contributed by atoms with van der Waals surface area (Å²) >= 11 is 0. The summed E-state index contributed by atoms with van der Waals surface area (Å²) in [5.41, 5.74) is -4.34. The molecule has 1 heterocycles. The van der Waals surface area contributed by atoms with Crippen LogP contribution in [0.3, 0.4) is 0 Å². The van der Waals surface area contributed by atoms with Crippen molar-refractivity contribution in [3.05, 3.63) is 64.7 Å². The minimum atomic E-state index is -1.54. The number of pyridine rings is 1. The quantitative estimate of drug-likeness (QED) is 0.400. The van der Waals surface area contributed by atoms with Crippen molar-refractivity contribution in [1.82, 2.24) is 4.98 Å². The van der Waals surface area contributed by atoms with Crippen LogP contribution >= 0.6 is 0 Å². The van der Waals surface area contributed by atoms with E-state index in [0.717, 1.165) is 6.07 Å². The lowest BCUT2D eigenvalue weighted by atomic mass is 10.0. The largest absolute Gasteiger partial charge is 0.496 e. The second-order valence-electron chi connectivity index (χ2n) is 5.13. The van der Waals surface area contributed by atoms with E-state index in [1.165, 1.54) is 18.2 Å². The van der Waals surface area contributed by atoms with Gasteiger partial charge in [-0.25, -0.2) is 0 Å². The van der Waals surface area contributed by atoms with E-state index in [2.05, 4.69) is 4.98 Å². The van der Waals surface area contributed by atoms with Gasteiger partial charge in [0.05, 0.1) is 20.2 Å². The van der Waals surface area contributed by atoms with Gasteiger partial charge < -0.3 is 15.2 Å². The first-order valence-corrected chi connectivity index (χ1v) is 6.85. The molecule has 14 heteroatoms. The van der Waals surface area contributed by atoms with Crippen molar-refractivity contribution >= 4 is 44.6 Å². The van der Waals surface area contributed by atoms with Gasteiger partial charge in [-0.15, -0.1) is 0 Å². The Morgan fingerprint density at radius 3 is 1.74 bits per heavy atom. The molecule has 1 N–H and O–H groups in total. The molecule has 0 saturated heterocycles. The molecule has 0 bridgehead atoms. The number of nitrogens with zero attached hydrogens (tertiary/aromatic N) is 5. The fourth-order valence-electron chi connectivity index (χ4n) is 2.78. The van der Waals surface area contributed by atoms with Crippen LogP contribution in [0, 0.1) is 40.5 Å². The van der Waals surface area contributed by atoms with E-state index in [1.54, 1.807) is 0 Å². The summed E-state index contributed by atoms with van der Waals surface area (Å²) < 4.78 is 0. The van der Waals surface area contributed by atoms with Crippen LogP contribution in [-0.4, -0.2) is 29.8 Å². The standard InChI is InChI=1S/C13H5N5O9/c19-12-11(17(24)25)7-8(14-13(12)18(26)27)5-3-1-2-4-6(5)9(15(20)21)10(7)16(22)23/h1-4,19H. The van der Waals surface area contributed by atoms with Gasteiger partial charge in [0.15, 0.2) is 5.39 Å². The molecule has 1 aromatic heterocycles. The molecule has 0 saturated carbocycles. The van der Waals surface area contributed by atoms with Crippen LogP contribution in [0.1, 0.15) is 0 Å². The Bertz CT molecular complexity index is 1210. The molecule has 0 aliphatic carbocycles. The van der Waals surface area contributed by atoms with Crippen LogP contribution in [-0.2, 0) is 0 Å². The lowest BCUT2D eigenvalue weighted by Gasteiger charge is -2.06. The molecule has 136 valence electrons. The summed E-state index contributed by atoms with van der Waals surface area (Å²) in [5.74, 6) is -2.84. The van der Waals surface area contributed by atoms with Gasteiger partial charge in [0, 0.05) is 5.39 Å². The Balaban J connectivity index is 2.82. The third-order valence-corrected chi connectivity index (χ3v) is 3.75. The Morgan fingerprint density at radius 2 is 1.26 bits per heavy atom. The number of fused-ring (bicyclic) bond motifs is 3. The van der Waals surface area contributed by atoms with Crippen LogP contribution in [0.15, 0.2) is 24.3 Å². The van der Waals surface area contributed by atoms with E-state index >= 15 is 0 Å². The van der Waals surface area contributed by atoms with Gasteiger partial charge in [-0.2, -0.15) is 0 Å². The number of nitro benzene ring substituents is 2. The van der Waals surface area contributed by atoms with E-state index < -0.39 is 59.2 Å². The average Bonchev–Trinajstić information content (AvgIpc) is 2.58. The zero-order chi connectivity index (χ0) is 20.0. The Kier molecular flexibility index (Phi) is 3.72. The molecule has 0 atom stereocenters. The summed E-state index contributed by atoms with van der Waals surface area (Å²) in [5, 5.41) is 54.0. The summed E-state index contributed by atoms with van der Waals surface area (Å²) in [4.78, 5) is 44.2. The Hall–Kier alpha value is -4.49. The number of benzene rings is 2. The number of nitro groups is 4. The van der Waals surface area contributed by atoms with Gasteiger partial charge in [0.25, 0.3) is 5.75 Å². The Morgan fingerprint density at radius 1 is 0.741 bits per heavy atom. The number of hydrogen-bond donors (Lipinski definition) is 1. The molecule has 0 fully saturated rings. The van der Waals surface area contributed by atoms with E-state index in [4.69, 9.17) is 0 Å². The second-order valence-corrected chi connectivity index (χ2v) is 5.13. The molecule has 0 aliphatic rings. The van der Waals surface area contributed by atoms with Crippen LogP contribution in [0.25, 0.3) is 21.7 Å². The number of aromatic nitrogens is 1. The topological polar surface area (TPSA) is 206 Å². The van der Waals surface area contributed by atoms with Crippen LogP contribution < -0.4 is 0 Å². The molecule has 3 aromatic rings. The molecular weight excluding hydrogens is 370 g/mol. The Labute approximate surface area is 145 Å². The summed E-state index contributed by atoms with van der Waals surface area (Å²) in [6, 6.07) is 5.05. The molecule has 0 amide bonds. The van der Waals surface area contributed by atoms with E-state index in [-0.39, 0.29) is 10.8 Å². The van der Waals surface area contributed by atoms with Crippen molar-refractivity contribution in [1.29, 1.82) is 0 Å². The summed E-state index contributed by atoms with van der Waals surface area (Å²) in [7, 11) is 0. The van der Waals surface area contributed by atoms with Crippen molar-refractivity contribution in [3.63, 3.8) is 0 Å². The number of rotatable bonds is 4. The smallest absolute Gasteiger partial charge is 0.414 e. The van der Waals surface area contributed by atoms with Gasteiger partial charge >= 0.3 is 22.9 Å². The SMILES string of the molecule is O=[N+]([O-])c1nc2c(c([N+](=O)[O-])c1O)c([N+](=O)[O-])c([N+](=O)[O-])c1ccccc12. The summed E-state index contributed by atoms with van der Waals surface area (Å²) in [6.45, 7) is 0. The lowest BCUT2D eigenvalue weighted by molar-refractivity contribution is -0.421. The zero-order valence-electron chi connectivity index (χ0n) is 12.8. The van der Waals surface area contributed by atoms with Gasteiger partial charge in [-0.1, -0.05) is 12.1 Å². The van der Waals surface area contributed by atoms with Gasteiger partial charge in [-0.05, 0) is 22.0 Å². The highest BCUT2D eigenvalue weighted by molar-refractivity contribution is 6.18. The van der Waals surface area contributed by atoms with Crippen molar-refractivity contribution in [2.75, 3.05) is 0 Å². The van der Waals surface area contributed by atoms with E-state index in [9.17, 15) is 45.6 Å². The third-order valence-electron chi connectivity index (χ3n) is 3.75. The average molecular weight is 375 g/mol. The first kappa shape index (κ1) is 17.3. The molecule has 0 aliphatic heterocycles. The normalized spacial score (nSPS) is 10.8. The third kappa shape index (κ3) is 2.39. The highest BCUT2D eigenvalue weighted by Crippen LogP contribution is 2.50. The van der Waals surface area contributed by atoms with Gasteiger partial charge in [0.1, 0.15) is 0 Å². The van der Waals surface area contributed by atoms with Crippen LogP contribution in [0.4, 0.5) is 22.9 Å². The lowest BCUT2D eigenvalue weighted by Crippen LogP contribution is -2.04. The zero-order valence-corrected chi connectivity index (χ0v) is 12.8. The highest BCUT2D eigenvalue weighted by atomic mass is 16.6. The molecule has 0 radical (unpaired) electrons. The van der Waals surface area contributed by atoms with Crippen LogP contribution in [0.5, 0.6) is 5.75 Å². The van der Waals surface area contributed by atoms with E-state index in [0.29, 0.717) is 0 Å². The summed E-state index contributed by atoms with van der Waals surface area (Å²) in [6.07, 6.45) is 0. The molecule has 14 nitrogen and oxygen atoms in total. The molecular formula is C13H5N5O9. The molecule has 3 rings (SSSR count). The minimum Gasteiger partial charge on any atom is -0.496 e. The minimum absolute atomic E-state index is 0.156. The van der Waals surface area contributed by atoms with Crippen molar-refractivity contribution in [2.24, 2.45) is 0 Å². The maximum atomic E-state index is 11.5. The molecule has 27 heavy (non-hydrogen) atoms. The second kappa shape index (κ2) is 5.80. The molecule has 2 aromatic carbocycles.